The predicted molar refractivity (Wildman–Crippen MR) is 141 cm³/mol. The molecule has 35 heavy (non-hydrogen) atoms. The average molecular weight is 484 g/mol. The van der Waals surface area contributed by atoms with E-state index in [1.807, 2.05) is 59.5 Å². The fourth-order valence-corrected chi connectivity index (χ4v) is 4.75. The molecule has 0 unspecified atom stereocenters. The lowest BCUT2D eigenvalue weighted by Gasteiger charge is -2.34. The summed E-state index contributed by atoms with van der Waals surface area (Å²) in [5, 5.41) is 1.68. The van der Waals surface area contributed by atoms with E-state index in [-0.39, 0.29) is 11.8 Å². The maximum atomic E-state index is 13.3. The molecule has 176 valence electrons. The molecular weight excluding hydrogens is 458 g/mol. The summed E-state index contributed by atoms with van der Waals surface area (Å²) in [6.07, 6.45) is 3.61. The molecular formula is C29H26ClN3O2. The van der Waals surface area contributed by atoms with E-state index in [1.54, 1.807) is 23.1 Å². The Labute approximate surface area is 209 Å². The van der Waals surface area contributed by atoms with Gasteiger partial charge < -0.3 is 14.8 Å². The Morgan fingerprint density at radius 3 is 2.26 bits per heavy atom. The number of carbonyl (C=O) groups is 2. The van der Waals surface area contributed by atoms with Crippen LogP contribution in [0.1, 0.15) is 11.1 Å². The van der Waals surface area contributed by atoms with Gasteiger partial charge in [0, 0.05) is 48.2 Å². The molecule has 0 aliphatic carbocycles. The molecule has 0 atom stereocenters. The first-order chi connectivity index (χ1) is 17.1. The minimum absolute atomic E-state index is 0.0694. The summed E-state index contributed by atoms with van der Waals surface area (Å²) in [4.78, 5) is 33.1. The first-order valence-electron chi connectivity index (χ1n) is 11.7. The number of H-pyrrole nitrogens is 1. The van der Waals surface area contributed by atoms with Crippen LogP contribution in [0.2, 0.25) is 5.02 Å². The third-order valence-electron chi connectivity index (χ3n) is 6.46. The topological polar surface area (TPSA) is 56.4 Å². The van der Waals surface area contributed by atoms with Crippen LogP contribution in [-0.4, -0.2) is 52.8 Å². The Balaban J connectivity index is 1.26. The van der Waals surface area contributed by atoms with Crippen LogP contribution in [0.15, 0.2) is 84.9 Å². The Kier molecular flexibility index (Phi) is 6.68. The molecule has 5 rings (SSSR count). The number of amides is 2. The number of aromatic nitrogens is 1. The van der Waals surface area contributed by atoms with Crippen molar-refractivity contribution in [3.05, 3.63) is 101 Å². The molecule has 0 saturated carbocycles. The van der Waals surface area contributed by atoms with E-state index < -0.39 is 0 Å². The Hall–Kier alpha value is -3.83. The van der Waals surface area contributed by atoms with Gasteiger partial charge in [-0.1, -0.05) is 78.3 Å². The number of benzene rings is 3. The second kappa shape index (κ2) is 10.2. The van der Waals surface area contributed by atoms with Crippen LogP contribution >= 0.6 is 11.6 Å². The molecule has 1 saturated heterocycles. The monoisotopic (exact) mass is 483 g/mol. The molecule has 6 heteroatoms. The molecule has 1 N–H and O–H groups in total. The van der Waals surface area contributed by atoms with Crippen molar-refractivity contribution in [3.8, 4) is 11.3 Å². The summed E-state index contributed by atoms with van der Waals surface area (Å²) < 4.78 is 0. The SMILES string of the molecule is O=C(/C=C/c1ccccc1Cl)N1CCN(C(=O)Cc2c(-c3ccccc3)[nH]c3ccccc23)CC1. The van der Waals surface area contributed by atoms with Gasteiger partial charge in [-0.25, -0.2) is 0 Å². The smallest absolute Gasteiger partial charge is 0.246 e. The van der Waals surface area contributed by atoms with Gasteiger partial charge in [-0.05, 0) is 34.9 Å². The highest BCUT2D eigenvalue weighted by atomic mass is 35.5. The number of piperazine rings is 1. The van der Waals surface area contributed by atoms with Crippen LogP contribution in [0, 0.1) is 0 Å². The van der Waals surface area contributed by atoms with Crippen molar-refractivity contribution in [2.45, 2.75) is 6.42 Å². The predicted octanol–water partition coefficient (Wildman–Crippen LogP) is 5.42. The molecule has 1 fully saturated rings. The lowest BCUT2D eigenvalue weighted by Crippen LogP contribution is -2.50. The third kappa shape index (κ3) is 5.00. The maximum absolute atomic E-state index is 13.3. The highest BCUT2D eigenvalue weighted by molar-refractivity contribution is 6.32. The quantitative estimate of drug-likeness (QED) is 0.385. The largest absolute Gasteiger partial charge is 0.354 e. The molecule has 2 amide bonds. The maximum Gasteiger partial charge on any atom is 0.246 e. The van der Waals surface area contributed by atoms with Gasteiger partial charge in [-0.15, -0.1) is 0 Å². The van der Waals surface area contributed by atoms with Crippen LogP contribution in [0.4, 0.5) is 0 Å². The summed E-state index contributed by atoms with van der Waals surface area (Å²) in [6, 6.07) is 25.6. The average Bonchev–Trinajstić information content (AvgIpc) is 3.27. The molecule has 0 radical (unpaired) electrons. The number of para-hydroxylation sites is 1. The second-order valence-electron chi connectivity index (χ2n) is 8.63. The number of nitrogens with one attached hydrogen (secondary N) is 1. The van der Waals surface area contributed by atoms with Gasteiger partial charge in [-0.2, -0.15) is 0 Å². The number of hydrogen-bond acceptors (Lipinski definition) is 2. The van der Waals surface area contributed by atoms with Crippen molar-refractivity contribution in [1.29, 1.82) is 0 Å². The molecule has 0 spiro atoms. The van der Waals surface area contributed by atoms with Crippen LogP contribution in [0.25, 0.3) is 28.2 Å². The van der Waals surface area contributed by atoms with Gasteiger partial charge >= 0.3 is 0 Å². The number of nitrogens with zero attached hydrogens (tertiary/aromatic N) is 2. The number of rotatable bonds is 5. The van der Waals surface area contributed by atoms with Gasteiger partial charge in [0.2, 0.25) is 11.8 Å². The van der Waals surface area contributed by atoms with Gasteiger partial charge in [-0.3, -0.25) is 9.59 Å². The van der Waals surface area contributed by atoms with Crippen LogP contribution in [0.5, 0.6) is 0 Å². The van der Waals surface area contributed by atoms with E-state index in [9.17, 15) is 9.59 Å². The highest BCUT2D eigenvalue weighted by Gasteiger charge is 2.25. The fraction of sp³-hybridized carbons (Fsp3) is 0.172. The highest BCUT2D eigenvalue weighted by Crippen LogP contribution is 2.31. The second-order valence-corrected chi connectivity index (χ2v) is 9.04. The zero-order valence-corrected chi connectivity index (χ0v) is 20.0. The van der Waals surface area contributed by atoms with E-state index in [0.717, 1.165) is 33.3 Å². The summed E-state index contributed by atoms with van der Waals surface area (Å²) in [5.41, 5.74) is 4.89. The minimum atomic E-state index is -0.0694. The van der Waals surface area contributed by atoms with Gasteiger partial charge in [0.05, 0.1) is 12.1 Å². The van der Waals surface area contributed by atoms with E-state index in [0.29, 0.717) is 37.6 Å². The van der Waals surface area contributed by atoms with Gasteiger partial charge in [0.25, 0.3) is 0 Å². The minimum Gasteiger partial charge on any atom is -0.354 e. The molecule has 1 aromatic heterocycles. The van der Waals surface area contributed by atoms with Crippen molar-refractivity contribution < 1.29 is 9.59 Å². The third-order valence-corrected chi connectivity index (χ3v) is 6.80. The summed E-state index contributed by atoms with van der Waals surface area (Å²) in [6.45, 7) is 2.06. The fourth-order valence-electron chi connectivity index (χ4n) is 4.55. The molecule has 0 bridgehead atoms. The lowest BCUT2D eigenvalue weighted by atomic mass is 10.0. The van der Waals surface area contributed by atoms with Crippen LogP contribution in [0.3, 0.4) is 0 Å². The zero-order valence-electron chi connectivity index (χ0n) is 19.3. The Morgan fingerprint density at radius 1 is 0.829 bits per heavy atom. The summed E-state index contributed by atoms with van der Waals surface area (Å²) in [5.74, 6) is 0.00524. The summed E-state index contributed by atoms with van der Waals surface area (Å²) >= 11 is 6.17. The first-order valence-corrected chi connectivity index (χ1v) is 12.1. The van der Waals surface area contributed by atoms with Gasteiger partial charge in [0.1, 0.15) is 0 Å². The zero-order chi connectivity index (χ0) is 24.2. The normalized spacial score (nSPS) is 14.1. The van der Waals surface area contributed by atoms with Crippen molar-refractivity contribution in [3.63, 3.8) is 0 Å². The van der Waals surface area contributed by atoms with Crippen LogP contribution in [-0.2, 0) is 16.0 Å². The Bertz CT molecular complexity index is 1390. The van der Waals surface area contributed by atoms with E-state index in [4.69, 9.17) is 11.6 Å². The summed E-state index contributed by atoms with van der Waals surface area (Å²) in [7, 11) is 0. The van der Waals surface area contributed by atoms with Crippen molar-refractivity contribution in [2.75, 3.05) is 26.2 Å². The number of hydrogen-bond donors (Lipinski definition) is 1. The van der Waals surface area contributed by atoms with Crippen LogP contribution < -0.4 is 0 Å². The molecule has 1 aliphatic heterocycles. The van der Waals surface area contributed by atoms with Crippen molar-refractivity contribution in [2.24, 2.45) is 0 Å². The number of halogens is 1. The molecule has 2 heterocycles. The lowest BCUT2D eigenvalue weighted by molar-refractivity contribution is -0.136. The standard InChI is InChI=1S/C29H26ClN3O2/c30-25-12-6-4-8-21(25)14-15-27(34)32-16-18-33(19-17-32)28(35)20-24-23-11-5-7-13-26(23)31-29(24)22-9-2-1-3-10-22/h1-15,31H,16-20H2/b15-14+. The van der Waals surface area contributed by atoms with E-state index >= 15 is 0 Å². The molecule has 3 aromatic carbocycles. The van der Waals surface area contributed by atoms with Crippen molar-refractivity contribution in [1.82, 2.24) is 14.8 Å². The number of fused-ring (bicyclic) bond motifs is 1. The Morgan fingerprint density at radius 2 is 1.49 bits per heavy atom. The molecule has 4 aromatic rings. The van der Waals surface area contributed by atoms with Gasteiger partial charge in [0.15, 0.2) is 0 Å². The van der Waals surface area contributed by atoms with E-state index in [1.165, 1.54) is 0 Å². The molecule has 1 aliphatic rings. The molecule has 5 nitrogen and oxygen atoms in total. The first kappa shape index (κ1) is 22.9. The van der Waals surface area contributed by atoms with Crippen molar-refractivity contribution >= 4 is 40.4 Å². The number of aromatic amines is 1. The number of carbonyl (C=O) groups excluding carboxylic acids is 2. The van der Waals surface area contributed by atoms with E-state index in [2.05, 4.69) is 23.2 Å².